The molecule has 1 amide bonds. The van der Waals surface area contributed by atoms with E-state index in [-0.39, 0.29) is 34.8 Å². The van der Waals surface area contributed by atoms with Gasteiger partial charge in [0.2, 0.25) is 5.91 Å². The van der Waals surface area contributed by atoms with E-state index in [9.17, 15) is 26.4 Å². The van der Waals surface area contributed by atoms with Crippen LogP contribution in [0.25, 0.3) is 0 Å². The third-order valence-corrected chi connectivity index (χ3v) is 9.04. The number of anilines is 2. The smallest absolute Gasteiger partial charge is 0.379 e. The van der Waals surface area contributed by atoms with Crippen LogP contribution in [0.3, 0.4) is 0 Å². The lowest BCUT2D eigenvalue weighted by molar-refractivity contribution is -0.137. The van der Waals surface area contributed by atoms with Crippen molar-refractivity contribution < 1.29 is 30.8 Å². The minimum atomic E-state index is -4.50. The molecule has 3 aromatic rings. The molecule has 1 heterocycles. The second-order valence-electron chi connectivity index (χ2n) is 10.7. The van der Waals surface area contributed by atoms with Gasteiger partial charge in [0.1, 0.15) is 22.9 Å². The molecule has 4 atom stereocenters. The van der Waals surface area contributed by atoms with Gasteiger partial charge in [0.25, 0.3) is 10.0 Å². The summed E-state index contributed by atoms with van der Waals surface area (Å²) in [6, 6.07) is 6.30. The van der Waals surface area contributed by atoms with Gasteiger partial charge >= 0.3 is 6.18 Å². The molecule has 5 N–H and O–H groups in total. The number of carbonyl (C=O) groups excluding carboxylic acids is 1. The van der Waals surface area contributed by atoms with Gasteiger partial charge in [-0.2, -0.15) is 13.2 Å². The average molecular weight is 643 g/mol. The number of sulfonamides is 1. The normalized spacial score (nSPS) is 20.0. The van der Waals surface area contributed by atoms with Crippen molar-refractivity contribution in [3.05, 3.63) is 77.0 Å². The molecule has 2 aromatic carbocycles. The van der Waals surface area contributed by atoms with Crippen LogP contribution in [0, 0.1) is 11.7 Å². The van der Waals surface area contributed by atoms with E-state index in [1.165, 1.54) is 18.3 Å². The molecule has 15 heteroatoms. The number of carbonyl (C=O) groups is 1. The lowest BCUT2D eigenvalue weighted by atomic mass is 9.78. The number of rotatable bonds is 9. The molecule has 0 spiro atoms. The topological polar surface area (TPSA) is 139 Å². The first-order valence-corrected chi connectivity index (χ1v) is 15.3. The fourth-order valence-electron chi connectivity index (χ4n) is 4.94. The van der Waals surface area contributed by atoms with Crippen LogP contribution >= 0.6 is 11.6 Å². The second kappa shape index (κ2) is 13.0. The quantitative estimate of drug-likeness (QED) is 0.232. The van der Waals surface area contributed by atoms with Crippen LogP contribution in [0.5, 0.6) is 0 Å². The van der Waals surface area contributed by atoms with Crippen molar-refractivity contribution >= 4 is 39.0 Å². The number of halogens is 5. The Morgan fingerprint density at radius 3 is 2.51 bits per heavy atom. The first kappa shape index (κ1) is 32.4. The van der Waals surface area contributed by atoms with Crippen molar-refractivity contribution in [2.75, 3.05) is 10.0 Å². The Bertz CT molecular complexity index is 1560. The number of hydrogen-bond donors (Lipinski definition) is 4. The highest BCUT2D eigenvalue weighted by atomic mass is 35.5. The maximum atomic E-state index is 15.2. The van der Waals surface area contributed by atoms with Crippen molar-refractivity contribution in [3.8, 4) is 0 Å². The number of hydrogen-bond acceptors (Lipinski definition) is 7. The molecule has 43 heavy (non-hydrogen) atoms. The van der Waals surface area contributed by atoms with E-state index in [4.69, 9.17) is 17.3 Å². The van der Waals surface area contributed by atoms with Gasteiger partial charge in [0, 0.05) is 18.3 Å². The van der Waals surface area contributed by atoms with Crippen molar-refractivity contribution in [2.24, 2.45) is 11.7 Å². The molecular weight excluding hydrogens is 612 g/mol. The largest absolute Gasteiger partial charge is 0.416 e. The Morgan fingerprint density at radius 2 is 1.86 bits per heavy atom. The second-order valence-corrected chi connectivity index (χ2v) is 12.8. The Kier molecular flexibility index (Phi) is 9.82. The molecule has 232 valence electrons. The predicted octanol–water partition coefficient (Wildman–Crippen LogP) is 5.31. The highest BCUT2D eigenvalue weighted by Crippen LogP contribution is 2.38. The molecule has 0 radical (unpaired) electrons. The summed E-state index contributed by atoms with van der Waals surface area (Å²) in [5, 5.41) is 5.91. The molecule has 4 rings (SSSR count). The van der Waals surface area contributed by atoms with Crippen molar-refractivity contribution in [1.82, 2.24) is 15.3 Å². The van der Waals surface area contributed by atoms with E-state index in [1.807, 2.05) is 0 Å². The molecule has 1 fully saturated rings. The van der Waals surface area contributed by atoms with Crippen LogP contribution < -0.4 is 21.1 Å². The highest BCUT2D eigenvalue weighted by Gasteiger charge is 2.36. The van der Waals surface area contributed by atoms with E-state index >= 15 is 4.39 Å². The molecule has 1 aliphatic carbocycles. The van der Waals surface area contributed by atoms with E-state index in [1.54, 1.807) is 19.9 Å². The lowest BCUT2D eigenvalue weighted by Crippen LogP contribution is -2.54. The number of amides is 1. The molecule has 0 saturated heterocycles. The summed E-state index contributed by atoms with van der Waals surface area (Å²) in [5.74, 6) is -2.08. The van der Waals surface area contributed by atoms with Gasteiger partial charge < -0.3 is 16.4 Å². The summed E-state index contributed by atoms with van der Waals surface area (Å²) in [6.45, 7) is 3.56. The number of nitrogens with one attached hydrogen (secondary N) is 3. The summed E-state index contributed by atoms with van der Waals surface area (Å²) >= 11 is 6.40. The number of aromatic nitrogens is 2. The average Bonchev–Trinajstić information content (AvgIpc) is 2.95. The number of alkyl halides is 3. The van der Waals surface area contributed by atoms with Gasteiger partial charge in [0.15, 0.2) is 0 Å². The minimum absolute atomic E-state index is 0.0663. The summed E-state index contributed by atoms with van der Waals surface area (Å²) in [6.07, 6.45) is -0.972. The summed E-state index contributed by atoms with van der Waals surface area (Å²) in [5.41, 5.74) is 5.84. The molecule has 1 aromatic heterocycles. The molecule has 1 aliphatic rings. The zero-order chi connectivity index (χ0) is 31.5. The fourth-order valence-corrected chi connectivity index (χ4v) is 6.32. The summed E-state index contributed by atoms with van der Waals surface area (Å²) in [7, 11) is -4.39. The molecule has 0 bridgehead atoms. The Hall–Kier alpha value is -3.49. The molecule has 1 saturated carbocycles. The van der Waals surface area contributed by atoms with E-state index in [2.05, 4.69) is 25.3 Å². The van der Waals surface area contributed by atoms with Crippen LogP contribution in [-0.2, 0) is 21.0 Å². The van der Waals surface area contributed by atoms with Gasteiger partial charge in [0.05, 0.1) is 22.3 Å². The zero-order valence-electron chi connectivity index (χ0n) is 23.2. The monoisotopic (exact) mass is 642 g/mol. The lowest BCUT2D eigenvalue weighted by Gasteiger charge is -2.38. The van der Waals surface area contributed by atoms with Gasteiger partial charge in [-0.05, 0) is 60.9 Å². The fraction of sp³-hybridized carbons (Fsp3) is 0.393. The number of nitrogens with zero attached hydrogens (tertiary/aromatic N) is 2. The van der Waals surface area contributed by atoms with Crippen LogP contribution in [0.2, 0.25) is 5.02 Å². The summed E-state index contributed by atoms with van der Waals surface area (Å²) < 4.78 is 83.0. The first-order valence-electron chi connectivity index (χ1n) is 13.4. The van der Waals surface area contributed by atoms with Gasteiger partial charge in [-0.25, -0.2) is 22.8 Å². The van der Waals surface area contributed by atoms with Gasteiger partial charge in [-0.15, -0.1) is 0 Å². The van der Waals surface area contributed by atoms with Crippen molar-refractivity contribution in [2.45, 2.75) is 68.2 Å². The third kappa shape index (κ3) is 7.92. The highest BCUT2D eigenvalue weighted by molar-refractivity contribution is 7.92. The standard InChI is InChI=1S/C28H31ClF4N6O3S/c1-15(2)26(34)27(40)38-23-11-17(16-4-3-5-18(10-16)28(31,32)33)6-7-21(23)37-22-13-20(30)24(12-19(22)29)43(41,42)39-25-8-9-35-14-36-25/h3-5,8-10,12-15,17,21,23,26,37H,6-7,11,34H2,1-2H3,(H,38,40)(H,35,36,39)/t17-,21?,23?,26-/m0/s1. The molecule has 9 nitrogen and oxygen atoms in total. The third-order valence-electron chi connectivity index (χ3n) is 7.36. The number of benzene rings is 2. The predicted molar refractivity (Wildman–Crippen MR) is 154 cm³/mol. The van der Waals surface area contributed by atoms with Crippen molar-refractivity contribution in [3.63, 3.8) is 0 Å². The van der Waals surface area contributed by atoms with Crippen LogP contribution in [0.4, 0.5) is 29.1 Å². The van der Waals surface area contributed by atoms with E-state index < -0.39 is 56.5 Å². The van der Waals surface area contributed by atoms with E-state index in [0.717, 1.165) is 30.6 Å². The van der Waals surface area contributed by atoms with Crippen molar-refractivity contribution in [1.29, 1.82) is 0 Å². The van der Waals surface area contributed by atoms with E-state index in [0.29, 0.717) is 18.4 Å². The Balaban J connectivity index is 1.59. The summed E-state index contributed by atoms with van der Waals surface area (Å²) in [4.78, 5) is 19.7. The van der Waals surface area contributed by atoms with Crippen LogP contribution in [-0.4, -0.2) is 42.4 Å². The Morgan fingerprint density at radius 1 is 1.12 bits per heavy atom. The van der Waals surface area contributed by atoms with Gasteiger partial charge in [-0.3, -0.25) is 9.52 Å². The SMILES string of the molecule is CC(C)[C@H](N)C(=O)NC1C[C@@H](c2cccc(C(F)(F)F)c2)CCC1Nc1cc(F)c(S(=O)(=O)Nc2ccncn2)cc1Cl. The minimum Gasteiger partial charge on any atom is -0.379 e. The van der Waals surface area contributed by atoms with Gasteiger partial charge in [-0.1, -0.05) is 43.6 Å². The molecule has 2 unspecified atom stereocenters. The Labute approximate surface area is 251 Å². The van der Waals surface area contributed by atoms with Crippen LogP contribution in [0.1, 0.15) is 50.2 Å². The first-order chi connectivity index (χ1) is 20.2. The maximum absolute atomic E-state index is 15.2. The maximum Gasteiger partial charge on any atom is 0.416 e. The molecular formula is C28H31ClF4N6O3S. The zero-order valence-corrected chi connectivity index (χ0v) is 24.8. The van der Waals surface area contributed by atoms with Crippen LogP contribution in [0.15, 0.2) is 59.9 Å². The number of nitrogens with two attached hydrogens (primary N) is 1. The molecule has 0 aliphatic heterocycles.